The number of aliphatic hydroxyl groups excluding tert-OH is 1. The first-order valence-electron chi connectivity index (χ1n) is 6.59. The molecule has 0 aromatic heterocycles. The van der Waals surface area contributed by atoms with E-state index < -0.39 is 0 Å². The molecule has 106 valence electrons. The highest BCUT2D eigenvalue weighted by Gasteiger charge is 2.14. The first-order chi connectivity index (χ1) is 9.33. The Balaban J connectivity index is 2.03. The summed E-state index contributed by atoms with van der Waals surface area (Å²) in [5, 5.41) is 12.3. The molecule has 0 amide bonds. The number of hydrogen-bond acceptors (Lipinski definition) is 5. The molecule has 0 unspecified atom stereocenters. The van der Waals surface area contributed by atoms with Crippen LogP contribution in [0.4, 0.5) is 5.69 Å². The van der Waals surface area contributed by atoms with Crippen molar-refractivity contribution in [1.82, 2.24) is 0 Å². The van der Waals surface area contributed by atoms with E-state index in [0.717, 1.165) is 31.7 Å². The highest BCUT2D eigenvalue weighted by molar-refractivity contribution is 5.55. The molecule has 0 bridgehead atoms. The summed E-state index contributed by atoms with van der Waals surface area (Å²) >= 11 is 0. The Bertz CT molecular complexity index is 391. The van der Waals surface area contributed by atoms with Crippen molar-refractivity contribution in [1.29, 1.82) is 0 Å². The fourth-order valence-electron chi connectivity index (χ4n) is 2.11. The van der Waals surface area contributed by atoms with Crippen molar-refractivity contribution in [3.8, 4) is 11.5 Å². The molecule has 0 spiro atoms. The maximum Gasteiger partial charge on any atom is 0.163 e. The zero-order chi connectivity index (χ0) is 13.5. The SMILES string of the molecule is COc1ccc(NC2CCOCC2)cc1OCCO. The summed E-state index contributed by atoms with van der Waals surface area (Å²) in [4.78, 5) is 0. The van der Waals surface area contributed by atoms with Gasteiger partial charge in [-0.05, 0) is 25.0 Å². The minimum absolute atomic E-state index is 0.0131. The lowest BCUT2D eigenvalue weighted by Gasteiger charge is -2.24. The molecule has 0 aliphatic carbocycles. The van der Waals surface area contributed by atoms with Gasteiger partial charge in [-0.3, -0.25) is 0 Å². The van der Waals surface area contributed by atoms with E-state index in [4.69, 9.17) is 19.3 Å². The molecule has 1 heterocycles. The molecule has 1 aromatic carbocycles. The van der Waals surface area contributed by atoms with Gasteiger partial charge < -0.3 is 24.6 Å². The first kappa shape index (κ1) is 14.0. The van der Waals surface area contributed by atoms with Crippen LogP contribution in [0.15, 0.2) is 18.2 Å². The predicted molar refractivity (Wildman–Crippen MR) is 73.0 cm³/mol. The average Bonchev–Trinajstić information content (AvgIpc) is 2.46. The van der Waals surface area contributed by atoms with Gasteiger partial charge in [0.1, 0.15) is 6.61 Å². The lowest BCUT2D eigenvalue weighted by molar-refractivity contribution is 0.0904. The summed E-state index contributed by atoms with van der Waals surface area (Å²) in [5.74, 6) is 1.32. The van der Waals surface area contributed by atoms with Crippen LogP contribution >= 0.6 is 0 Å². The Morgan fingerprint density at radius 3 is 2.79 bits per heavy atom. The number of hydrogen-bond donors (Lipinski definition) is 2. The smallest absolute Gasteiger partial charge is 0.163 e. The molecule has 0 atom stereocenters. The molecule has 5 nitrogen and oxygen atoms in total. The van der Waals surface area contributed by atoms with Crippen LogP contribution in [0.2, 0.25) is 0 Å². The third kappa shape index (κ3) is 4.01. The van der Waals surface area contributed by atoms with Crippen LogP contribution in [0.1, 0.15) is 12.8 Å². The lowest BCUT2D eigenvalue weighted by Crippen LogP contribution is -2.27. The van der Waals surface area contributed by atoms with Crippen LogP contribution in [0.25, 0.3) is 0 Å². The van der Waals surface area contributed by atoms with Crippen LogP contribution in [0, 0.1) is 0 Å². The van der Waals surface area contributed by atoms with Crippen LogP contribution < -0.4 is 14.8 Å². The molecule has 19 heavy (non-hydrogen) atoms. The van der Waals surface area contributed by atoms with Gasteiger partial charge in [-0.15, -0.1) is 0 Å². The Morgan fingerprint density at radius 1 is 1.32 bits per heavy atom. The van der Waals surface area contributed by atoms with Gasteiger partial charge in [0, 0.05) is 31.0 Å². The number of nitrogens with one attached hydrogen (secondary N) is 1. The molecule has 1 aliphatic rings. The number of benzene rings is 1. The number of rotatable bonds is 6. The fraction of sp³-hybridized carbons (Fsp3) is 0.571. The summed E-state index contributed by atoms with van der Waals surface area (Å²) in [6, 6.07) is 6.19. The Morgan fingerprint density at radius 2 is 2.11 bits per heavy atom. The zero-order valence-electron chi connectivity index (χ0n) is 11.2. The minimum Gasteiger partial charge on any atom is -0.493 e. The van der Waals surface area contributed by atoms with Gasteiger partial charge in [0.05, 0.1) is 13.7 Å². The second kappa shape index (κ2) is 7.21. The van der Waals surface area contributed by atoms with E-state index >= 15 is 0 Å². The van der Waals surface area contributed by atoms with Gasteiger partial charge >= 0.3 is 0 Å². The molecule has 1 aliphatic heterocycles. The van der Waals surface area contributed by atoms with Crippen LogP contribution in [0.5, 0.6) is 11.5 Å². The summed E-state index contributed by atoms with van der Waals surface area (Å²) in [6.45, 7) is 1.86. The molecule has 1 fully saturated rings. The van der Waals surface area contributed by atoms with Crippen molar-refractivity contribution in [2.45, 2.75) is 18.9 Å². The van der Waals surface area contributed by atoms with E-state index in [2.05, 4.69) is 5.32 Å². The average molecular weight is 267 g/mol. The van der Waals surface area contributed by atoms with E-state index in [-0.39, 0.29) is 13.2 Å². The van der Waals surface area contributed by atoms with Crippen molar-refractivity contribution in [2.75, 3.05) is 38.9 Å². The molecule has 2 rings (SSSR count). The third-order valence-corrected chi connectivity index (χ3v) is 3.10. The highest BCUT2D eigenvalue weighted by atomic mass is 16.5. The largest absolute Gasteiger partial charge is 0.493 e. The van der Waals surface area contributed by atoms with Crippen LogP contribution in [-0.2, 0) is 4.74 Å². The van der Waals surface area contributed by atoms with Crippen LogP contribution in [0.3, 0.4) is 0 Å². The molecule has 1 saturated heterocycles. The normalized spacial score (nSPS) is 16.1. The van der Waals surface area contributed by atoms with Gasteiger partial charge in [-0.2, -0.15) is 0 Å². The fourth-order valence-corrected chi connectivity index (χ4v) is 2.11. The highest BCUT2D eigenvalue weighted by Crippen LogP contribution is 2.31. The van der Waals surface area contributed by atoms with E-state index in [0.29, 0.717) is 17.5 Å². The van der Waals surface area contributed by atoms with Crippen molar-refractivity contribution < 1.29 is 19.3 Å². The standard InChI is InChI=1S/C14H21NO4/c1-17-13-3-2-12(10-14(13)19-9-6-16)15-11-4-7-18-8-5-11/h2-3,10-11,15-16H,4-9H2,1H3. The molecular weight excluding hydrogens is 246 g/mol. The summed E-state index contributed by atoms with van der Waals surface area (Å²) < 4.78 is 16.0. The monoisotopic (exact) mass is 267 g/mol. The molecule has 2 N–H and O–H groups in total. The third-order valence-electron chi connectivity index (χ3n) is 3.10. The van der Waals surface area contributed by atoms with E-state index in [1.807, 2.05) is 18.2 Å². The zero-order valence-corrected chi connectivity index (χ0v) is 11.2. The number of aliphatic hydroxyl groups is 1. The van der Waals surface area contributed by atoms with Gasteiger partial charge in [-0.1, -0.05) is 0 Å². The topological polar surface area (TPSA) is 60.0 Å². The van der Waals surface area contributed by atoms with Gasteiger partial charge in [0.25, 0.3) is 0 Å². The van der Waals surface area contributed by atoms with Crippen molar-refractivity contribution in [3.05, 3.63) is 18.2 Å². The minimum atomic E-state index is -0.0131. The van der Waals surface area contributed by atoms with Crippen LogP contribution in [-0.4, -0.2) is 44.7 Å². The second-order valence-electron chi connectivity index (χ2n) is 4.47. The molecular formula is C14H21NO4. The van der Waals surface area contributed by atoms with Crippen molar-refractivity contribution in [3.63, 3.8) is 0 Å². The summed E-state index contributed by atoms with van der Waals surface area (Å²) in [7, 11) is 1.60. The predicted octanol–water partition coefficient (Wildman–Crippen LogP) is 1.66. The van der Waals surface area contributed by atoms with E-state index in [1.165, 1.54) is 0 Å². The molecule has 0 radical (unpaired) electrons. The van der Waals surface area contributed by atoms with E-state index in [1.54, 1.807) is 7.11 Å². The van der Waals surface area contributed by atoms with Crippen molar-refractivity contribution >= 4 is 5.69 Å². The van der Waals surface area contributed by atoms with Gasteiger partial charge in [0.15, 0.2) is 11.5 Å². The van der Waals surface area contributed by atoms with Gasteiger partial charge in [0.2, 0.25) is 0 Å². The maximum absolute atomic E-state index is 8.83. The van der Waals surface area contributed by atoms with E-state index in [9.17, 15) is 0 Å². The molecule has 0 saturated carbocycles. The Kier molecular flexibility index (Phi) is 5.30. The Labute approximate surface area is 113 Å². The number of ether oxygens (including phenoxy) is 3. The molecule has 5 heteroatoms. The summed E-state index contributed by atoms with van der Waals surface area (Å²) in [6.07, 6.45) is 2.03. The number of anilines is 1. The van der Waals surface area contributed by atoms with Gasteiger partial charge in [-0.25, -0.2) is 0 Å². The lowest BCUT2D eigenvalue weighted by atomic mass is 10.1. The first-order valence-corrected chi connectivity index (χ1v) is 6.59. The maximum atomic E-state index is 8.83. The molecule has 1 aromatic rings. The Hall–Kier alpha value is -1.46. The number of methoxy groups -OCH3 is 1. The quantitative estimate of drug-likeness (QED) is 0.821. The van der Waals surface area contributed by atoms with Crippen molar-refractivity contribution in [2.24, 2.45) is 0 Å². The summed E-state index contributed by atoms with van der Waals surface area (Å²) in [5.41, 5.74) is 1.00. The second-order valence-corrected chi connectivity index (χ2v) is 4.47.